The maximum Gasteiger partial charge on any atom is 0.296 e. The van der Waals surface area contributed by atoms with Crippen molar-refractivity contribution in [2.24, 2.45) is 5.92 Å². The van der Waals surface area contributed by atoms with Crippen LogP contribution in [0.3, 0.4) is 0 Å². The molecule has 6 heteroatoms. The van der Waals surface area contributed by atoms with Crippen molar-refractivity contribution in [2.45, 2.75) is 6.92 Å². The Hall–Kier alpha value is -1.82. The van der Waals surface area contributed by atoms with E-state index in [1.165, 1.54) is 13.2 Å². The monoisotopic (exact) mass is 254 g/mol. The third-order valence-corrected chi connectivity index (χ3v) is 2.49. The Labute approximate surface area is 106 Å². The number of methoxy groups -OCH3 is 2. The van der Waals surface area contributed by atoms with Gasteiger partial charge in [-0.3, -0.25) is 10.1 Å². The molecule has 1 unspecified atom stereocenters. The Bertz CT molecular complexity index is 409. The van der Waals surface area contributed by atoms with Crippen LogP contribution in [-0.4, -0.2) is 32.3 Å². The first kappa shape index (κ1) is 14.2. The molecule has 1 aromatic carbocycles. The minimum absolute atomic E-state index is 0.0129. The minimum Gasteiger partial charge on any atom is -0.496 e. The lowest BCUT2D eigenvalue weighted by molar-refractivity contribution is -0.384. The Morgan fingerprint density at radius 3 is 2.72 bits per heavy atom. The van der Waals surface area contributed by atoms with Crippen molar-refractivity contribution in [1.29, 1.82) is 0 Å². The van der Waals surface area contributed by atoms with Gasteiger partial charge in [0.15, 0.2) is 0 Å². The highest BCUT2D eigenvalue weighted by Gasteiger charge is 2.15. The van der Waals surface area contributed by atoms with E-state index in [9.17, 15) is 10.1 Å². The van der Waals surface area contributed by atoms with Crippen LogP contribution in [0.5, 0.6) is 5.75 Å². The van der Waals surface area contributed by atoms with E-state index in [4.69, 9.17) is 9.47 Å². The molecule has 0 aliphatic rings. The second kappa shape index (κ2) is 6.80. The molecule has 1 N–H and O–H groups in total. The lowest BCUT2D eigenvalue weighted by Gasteiger charge is -2.13. The summed E-state index contributed by atoms with van der Waals surface area (Å²) < 4.78 is 9.98. The number of rotatable bonds is 7. The van der Waals surface area contributed by atoms with Gasteiger partial charge in [0.1, 0.15) is 11.4 Å². The molecule has 1 rings (SSSR count). The van der Waals surface area contributed by atoms with Crippen LogP contribution in [0.1, 0.15) is 6.92 Å². The van der Waals surface area contributed by atoms with Crippen molar-refractivity contribution in [3.63, 3.8) is 0 Å². The maximum atomic E-state index is 10.9. The quantitative estimate of drug-likeness (QED) is 0.597. The molecule has 0 saturated carbocycles. The van der Waals surface area contributed by atoms with Crippen LogP contribution < -0.4 is 10.1 Å². The average Bonchev–Trinajstić information content (AvgIpc) is 2.36. The van der Waals surface area contributed by atoms with E-state index < -0.39 is 4.92 Å². The summed E-state index contributed by atoms with van der Waals surface area (Å²) >= 11 is 0. The summed E-state index contributed by atoms with van der Waals surface area (Å²) in [5.74, 6) is 0.744. The van der Waals surface area contributed by atoms with Gasteiger partial charge in [-0.2, -0.15) is 0 Å². The summed E-state index contributed by atoms with van der Waals surface area (Å²) in [7, 11) is 3.11. The lowest BCUT2D eigenvalue weighted by atomic mass is 10.2. The number of hydrogen-bond acceptors (Lipinski definition) is 5. The number of ether oxygens (including phenoxy) is 2. The first-order chi connectivity index (χ1) is 8.58. The van der Waals surface area contributed by atoms with Crippen LogP contribution >= 0.6 is 0 Å². The second-order valence-corrected chi connectivity index (χ2v) is 4.08. The molecule has 18 heavy (non-hydrogen) atoms. The zero-order valence-corrected chi connectivity index (χ0v) is 10.8. The first-order valence-electron chi connectivity index (χ1n) is 5.63. The van der Waals surface area contributed by atoms with Gasteiger partial charge in [0.25, 0.3) is 5.69 Å². The molecule has 1 aromatic rings. The molecule has 0 saturated heterocycles. The third-order valence-electron chi connectivity index (χ3n) is 2.49. The number of hydrogen-bond donors (Lipinski definition) is 1. The highest BCUT2D eigenvalue weighted by molar-refractivity contribution is 5.63. The molecule has 0 aliphatic heterocycles. The molecule has 0 fully saturated rings. The van der Waals surface area contributed by atoms with E-state index in [0.29, 0.717) is 24.6 Å². The molecule has 0 aliphatic carbocycles. The number of benzene rings is 1. The largest absolute Gasteiger partial charge is 0.496 e. The highest BCUT2D eigenvalue weighted by atomic mass is 16.6. The lowest BCUT2D eigenvalue weighted by Crippen LogP contribution is -2.16. The topological polar surface area (TPSA) is 73.6 Å². The fourth-order valence-electron chi connectivity index (χ4n) is 1.57. The van der Waals surface area contributed by atoms with Crippen molar-refractivity contribution in [3.8, 4) is 5.75 Å². The smallest absolute Gasteiger partial charge is 0.296 e. The molecule has 100 valence electrons. The molecule has 1 atom stereocenters. The summed E-state index contributed by atoms with van der Waals surface area (Å²) in [5.41, 5.74) is 0.503. The van der Waals surface area contributed by atoms with Crippen LogP contribution in [0.4, 0.5) is 11.4 Å². The van der Waals surface area contributed by atoms with Gasteiger partial charge in [0, 0.05) is 13.7 Å². The van der Waals surface area contributed by atoms with Crippen LogP contribution in [0.25, 0.3) is 0 Å². The molecular formula is C12H18N2O4. The molecule has 0 amide bonds. The van der Waals surface area contributed by atoms with Gasteiger partial charge in [-0.1, -0.05) is 6.92 Å². The van der Waals surface area contributed by atoms with Crippen molar-refractivity contribution in [2.75, 3.05) is 32.7 Å². The fraction of sp³-hybridized carbons (Fsp3) is 0.500. The number of anilines is 1. The number of nitrogens with zero attached hydrogens (tertiary/aromatic N) is 1. The number of nitrogens with one attached hydrogen (secondary N) is 1. The molecule has 0 spiro atoms. The van der Waals surface area contributed by atoms with Crippen molar-refractivity contribution < 1.29 is 14.4 Å². The molecule has 6 nitrogen and oxygen atoms in total. The SMILES string of the molecule is COCC(C)CNc1ccc(OC)cc1[N+](=O)[O-]. The summed E-state index contributed by atoms with van der Waals surface area (Å²) in [6.45, 7) is 3.23. The molecular weight excluding hydrogens is 236 g/mol. The molecule has 0 aromatic heterocycles. The molecule has 0 radical (unpaired) electrons. The Kier molecular flexibility index (Phi) is 5.38. The average molecular weight is 254 g/mol. The Balaban J connectivity index is 2.78. The van der Waals surface area contributed by atoms with Crippen LogP contribution in [0, 0.1) is 16.0 Å². The zero-order chi connectivity index (χ0) is 13.5. The van der Waals surface area contributed by atoms with E-state index in [-0.39, 0.29) is 11.6 Å². The maximum absolute atomic E-state index is 10.9. The summed E-state index contributed by atoms with van der Waals surface area (Å²) in [5, 5.41) is 14.0. The minimum atomic E-state index is -0.425. The van der Waals surface area contributed by atoms with Gasteiger partial charge in [-0.15, -0.1) is 0 Å². The summed E-state index contributed by atoms with van der Waals surface area (Å²) in [6.07, 6.45) is 0. The van der Waals surface area contributed by atoms with Gasteiger partial charge < -0.3 is 14.8 Å². The number of nitro groups is 1. The molecule has 0 bridgehead atoms. The molecule has 0 heterocycles. The summed E-state index contributed by atoms with van der Waals surface area (Å²) in [6, 6.07) is 4.75. The highest BCUT2D eigenvalue weighted by Crippen LogP contribution is 2.28. The fourth-order valence-corrected chi connectivity index (χ4v) is 1.57. The van der Waals surface area contributed by atoms with Gasteiger partial charge >= 0.3 is 0 Å². The van der Waals surface area contributed by atoms with Gasteiger partial charge in [-0.05, 0) is 18.1 Å². The predicted molar refractivity (Wildman–Crippen MR) is 69.2 cm³/mol. The van der Waals surface area contributed by atoms with Crippen LogP contribution in [0.15, 0.2) is 18.2 Å². The second-order valence-electron chi connectivity index (χ2n) is 4.08. The van der Waals surface area contributed by atoms with E-state index >= 15 is 0 Å². The zero-order valence-electron chi connectivity index (χ0n) is 10.8. The van der Waals surface area contributed by atoms with Crippen molar-refractivity contribution in [1.82, 2.24) is 0 Å². The van der Waals surface area contributed by atoms with E-state index in [1.807, 2.05) is 6.92 Å². The third kappa shape index (κ3) is 3.89. The number of nitro benzene ring substituents is 1. The van der Waals surface area contributed by atoms with Crippen molar-refractivity contribution >= 4 is 11.4 Å². The van der Waals surface area contributed by atoms with Crippen molar-refractivity contribution in [3.05, 3.63) is 28.3 Å². The summed E-state index contributed by atoms with van der Waals surface area (Å²) in [4.78, 5) is 10.5. The van der Waals surface area contributed by atoms with Gasteiger partial charge in [0.05, 0.1) is 24.7 Å². The Morgan fingerprint density at radius 1 is 1.44 bits per heavy atom. The Morgan fingerprint density at radius 2 is 2.17 bits per heavy atom. The predicted octanol–water partition coefficient (Wildman–Crippen LogP) is 2.30. The van der Waals surface area contributed by atoms with Crippen LogP contribution in [-0.2, 0) is 4.74 Å². The normalized spacial score (nSPS) is 11.9. The van der Waals surface area contributed by atoms with Crippen LogP contribution in [0.2, 0.25) is 0 Å². The van der Waals surface area contributed by atoms with Gasteiger partial charge in [-0.25, -0.2) is 0 Å². The van der Waals surface area contributed by atoms with E-state index in [2.05, 4.69) is 5.32 Å². The first-order valence-corrected chi connectivity index (χ1v) is 5.63. The van der Waals surface area contributed by atoms with E-state index in [0.717, 1.165) is 0 Å². The van der Waals surface area contributed by atoms with Gasteiger partial charge in [0.2, 0.25) is 0 Å². The standard InChI is InChI=1S/C12H18N2O4/c1-9(8-17-2)7-13-11-5-4-10(18-3)6-12(11)14(15)16/h4-6,9,13H,7-8H2,1-3H3. The van der Waals surface area contributed by atoms with E-state index in [1.54, 1.807) is 19.2 Å².